The van der Waals surface area contributed by atoms with Crippen molar-refractivity contribution < 1.29 is 9.47 Å². The van der Waals surface area contributed by atoms with E-state index in [-0.39, 0.29) is 12.1 Å². The van der Waals surface area contributed by atoms with Gasteiger partial charge in [-0.15, -0.1) is 0 Å². The summed E-state index contributed by atoms with van der Waals surface area (Å²) in [6, 6.07) is 0.104. The molecule has 1 aliphatic rings. The van der Waals surface area contributed by atoms with E-state index in [2.05, 4.69) is 40.2 Å². The molecule has 0 spiro atoms. The first kappa shape index (κ1) is 14.0. The Morgan fingerprint density at radius 1 is 1.56 bits per heavy atom. The topological polar surface area (TPSA) is 48.3 Å². The van der Waals surface area contributed by atoms with E-state index in [0.717, 1.165) is 23.3 Å². The van der Waals surface area contributed by atoms with Gasteiger partial charge in [0.2, 0.25) is 0 Å². The number of ether oxygens (including phenoxy) is 2. The quantitative estimate of drug-likeness (QED) is 0.898. The third kappa shape index (κ3) is 2.93. The standard InChI is InChI=1S/C12H20BrN3O2/c1-3-14-11(10-8-17-5-6-18-10)12-9(13)7-15-16(12)4-2/h7,10-11,14H,3-6,8H2,1-2H3. The van der Waals surface area contributed by atoms with E-state index in [4.69, 9.17) is 9.47 Å². The van der Waals surface area contributed by atoms with Crippen molar-refractivity contribution in [1.82, 2.24) is 15.1 Å². The summed E-state index contributed by atoms with van der Waals surface area (Å²) >= 11 is 3.58. The van der Waals surface area contributed by atoms with Crippen LogP contribution in [0.5, 0.6) is 0 Å². The highest BCUT2D eigenvalue weighted by Gasteiger charge is 2.30. The fourth-order valence-corrected chi connectivity index (χ4v) is 2.80. The average Bonchev–Trinajstić information content (AvgIpc) is 2.78. The van der Waals surface area contributed by atoms with Crippen LogP contribution >= 0.6 is 15.9 Å². The Balaban J connectivity index is 2.24. The predicted octanol–water partition coefficient (Wildman–Crippen LogP) is 1.73. The summed E-state index contributed by atoms with van der Waals surface area (Å²) < 4.78 is 14.3. The van der Waals surface area contributed by atoms with Crippen molar-refractivity contribution in [1.29, 1.82) is 0 Å². The van der Waals surface area contributed by atoms with Gasteiger partial charge in [0.05, 0.1) is 42.2 Å². The highest BCUT2D eigenvalue weighted by atomic mass is 79.9. The number of hydrogen-bond acceptors (Lipinski definition) is 4. The number of nitrogens with zero attached hydrogens (tertiary/aromatic N) is 2. The van der Waals surface area contributed by atoms with Gasteiger partial charge >= 0.3 is 0 Å². The van der Waals surface area contributed by atoms with Crippen molar-refractivity contribution in [2.75, 3.05) is 26.4 Å². The van der Waals surface area contributed by atoms with Crippen LogP contribution in [0, 0.1) is 0 Å². The number of aryl methyl sites for hydroxylation is 1. The summed E-state index contributed by atoms with van der Waals surface area (Å²) in [6.45, 7) is 7.87. The summed E-state index contributed by atoms with van der Waals surface area (Å²) in [5.74, 6) is 0. The number of rotatable bonds is 5. The van der Waals surface area contributed by atoms with Crippen LogP contribution in [0.3, 0.4) is 0 Å². The maximum absolute atomic E-state index is 5.82. The first-order valence-corrected chi connectivity index (χ1v) is 7.21. The molecule has 1 saturated heterocycles. The number of halogens is 1. The molecule has 2 unspecified atom stereocenters. The third-order valence-electron chi connectivity index (χ3n) is 3.06. The Morgan fingerprint density at radius 3 is 3.00 bits per heavy atom. The van der Waals surface area contributed by atoms with Gasteiger partial charge in [-0.05, 0) is 29.4 Å². The molecule has 18 heavy (non-hydrogen) atoms. The maximum Gasteiger partial charge on any atom is 0.102 e. The number of hydrogen-bond donors (Lipinski definition) is 1. The number of likely N-dealkylation sites (N-methyl/N-ethyl adjacent to an activating group) is 1. The summed E-state index contributed by atoms with van der Waals surface area (Å²) in [5, 5.41) is 7.84. The van der Waals surface area contributed by atoms with Gasteiger partial charge in [0.25, 0.3) is 0 Å². The smallest absolute Gasteiger partial charge is 0.102 e. The van der Waals surface area contributed by atoms with Gasteiger partial charge in [0.15, 0.2) is 0 Å². The van der Waals surface area contributed by atoms with Crippen molar-refractivity contribution in [2.45, 2.75) is 32.5 Å². The van der Waals surface area contributed by atoms with Crippen molar-refractivity contribution in [3.05, 3.63) is 16.4 Å². The Hall–Kier alpha value is -0.430. The molecule has 0 bridgehead atoms. The molecule has 0 radical (unpaired) electrons. The van der Waals surface area contributed by atoms with Crippen LogP contribution in [0.2, 0.25) is 0 Å². The molecule has 1 aromatic heterocycles. The molecule has 2 rings (SSSR count). The summed E-state index contributed by atoms with van der Waals surface area (Å²) in [4.78, 5) is 0. The maximum atomic E-state index is 5.82. The molecule has 0 saturated carbocycles. The molecular weight excluding hydrogens is 298 g/mol. The molecule has 1 aliphatic heterocycles. The van der Waals surface area contributed by atoms with E-state index in [1.165, 1.54) is 0 Å². The summed E-state index contributed by atoms with van der Waals surface area (Å²) in [6.07, 6.45) is 1.88. The lowest BCUT2D eigenvalue weighted by Gasteiger charge is -2.31. The van der Waals surface area contributed by atoms with Crippen molar-refractivity contribution in [3.8, 4) is 0 Å². The van der Waals surface area contributed by atoms with E-state index < -0.39 is 0 Å². The van der Waals surface area contributed by atoms with Crippen LogP contribution in [0.1, 0.15) is 25.6 Å². The van der Waals surface area contributed by atoms with Crippen LogP contribution in [-0.4, -0.2) is 42.2 Å². The number of nitrogens with one attached hydrogen (secondary N) is 1. The Bertz CT molecular complexity index is 377. The molecule has 1 N–H and O–H groups in total. The minimum absolute atomic E-state index is 0.0389. The zero-order valence-electron chi connectivity index (χ0n) is 10.9. The SMILES string of the molecule is CCNC(c1c(Br)cnn1CC)C1COCCO1. The minimum Gasteiger partial charge on any atom is -0.376 e. The molecule has 0 aromatic carbocycles. The van der Waals surface area contributed by atoms with Crippen LogP contribution in [0.4, 0.5) is 0 Å². The summed E-state index contributed by atoms with van der Waals surface area (Å²) in [5.41, 5.74) is 1.13. The van der Waals surface area contributed by atoms with E-state index >= 15 is 0 Å². The van der Waals surface area contributed by atoms with Crippen LogP contribution < -0.4 is 5.32 Å². The van der Waals surface area contributed by atoms with Crippen molar-refractivity contribution in [3.63, 3.8) is 0 Å². The first-order chi connectivity index (χ1) is 8.77. The largest absolute Gasteiger partial charge is 0.376 e. The second-order valence-electron chi connectivity index (χ2n) is 4.21. The monoisotopic (exact) mass is 317 g/mol. The van der Waals surface area contributed by atoms with Crippen molar-refractivity contribution >= 4 is 15.9 Å². The van der Waals surface area contributed by atoms with Crippen LogP contribution in [-0.2, 0) is 16.0 Å². The Kier molecular flexibility index (Phi) is 5.17. The highest BCUT2D eigenvalue weighted by Crippen LogP contribution is 2.28. The van der Waals surface area contributed by atoms with Gasteiger partial charge in [-0.1, -0.05) is 6.92 Å². The lowest BCUT2D eigenvalue weighted by atomic mass is 10.1. The fourth-order valence-electron chi connectivity index (χ4n) is 2.26. The molecule has 2 atom stereocenters. The lowest BCUT2D eigenvalue weighted by Crippen LogP contribution is -2.41. The van der Waals surface area contributed by atoms with Gasteiger partial charge in [-0.25, -0.2) is 0 Å². The zero-order chi connectivity index (χ0) is 13.0. The Labute approximate surface area is 116 Å². The molecule has 5 nitrogen and oxygen atoms in total. The molecule has 0 aliphatic carbocycles. The van der Waals surface area contributed by atoms with Gasteiger partial charge < -0.3 is 14.8 Å². The molecule has 2 heterocycles. The molecule has 102 valence electrons. The van der Waals surface area contributed by atoms with E-state index in [9.17, 15) is 0 Å². The lowest BCUT2D eigenvalue weighted by molar-refractivity contribution is -0.103. The molecule has 1 aromatic rings. The van der Waals surface area contributed by atoms with E-state index in [1.54, 1.807) is 0 Å². The molecule has 6 heteroatoms. The average molecular weight is 318 g/mol. The van der Waals surface area contributed by atoms with Gasteiger partial charge in [0.1, 0.15) is 6.10 Å². The first-order valence-electron chi connectivity index (χ1n) is 6.41. The summed E-state index contributed by atoms with van der Waals surface area (Å²) in [7, 11) is 0. The second kappa shape index (κ2) is 6.65. The molecular formula is C12H20BrN3O2. The van der Waals surface area contributed by atoms with Gasteiger partial charge in [0, 0.05) is 6.54 Å². The van der Waals surface area contributed by atoms with E-state index in [1.807, 2.05) is 10.9 Å². The Morgan fingerprint density at radius 2 is 2.39 bits per heavy atom. The number of aromatic nitrogens is 2. The third-order valence-corrected chi connectivity index (χ3v) is 3.68. The van der Waals surface area contributed by atoms with Gasteiger partial charge in [-0.3, -0.25) is 4.68 Å². The normalized spacial score (nSPS) is 22.1. The van der Waals surface area contributed by atoms with Crippen LogP contribution in [0.25, 0.3) is 0 Å². The van der Waals surface area contributed by atoms with E-state index in [0.29, 0.717) is 19.8 Å². The molecule has 0 amide bonds. The van der Waals surface area contributed by atoms with Crippen LogP contribution in [0.15, 0.2) is 10.7 Å². The minimum atomic E-state index is 0.0389. The zero-order valence-corrected chi connectivity index (χ0v) is 12.4. The molecule has 1 fully saturated rings. The van der Waals surface area contributed by atoms with Crippen molar-refractivity contribution in [2.24, 2.45) is 0 Å². The van der Waals surface area contributed by atoms with Gasteiger partial charge in [-0.2, -0.15) is 5.10 Å². The fraction of sp³-hybridized carbons (Fsp3) is 0.750. The highest BCUT2D eigenvalue weighted by molar-refractivity contribution is 9.10. The predicted molar refractivity (Wildman–Crippen MR) is 72.6 cm³/mol. The second-order valence-corrected chi connectivity index (χ2v) is 5.07.